The summed E-state index contributed by atoms with van der Waals surface area (Å²) in [5.74, 6) is 1.21. The normalized spacial score (nSPS) is 19.7. The highest BCUT2D eigenvalue weighted by Crippen LogP contribution is 2.30. The predicted molar refractivity (Wildman–Crippen MR) is 98.0 cm³/mol. The SMILES string of the molecule is CC(CC(=O)NC(c1cccs1)c1cccs1)C1CCCNC1. The summed E-state index contributed by atoms with van der Waals surface area (Å²) in [6, 6.07) is 8.29. The van der Waals surface area contributed by atoms with Crippen molar-refractivity contribution in [1.29, 1.82) is 0 Å². The summed E-state index contributed by atoms with van der Waals surface area (Å²) in [5.41, 5.74) is 0. The van der Waals surface area contributed by atoms with Crippen LogP contribution in [0.5, 0.6) is 0 Å². The van der Waals surface area contributed by atoms with Crippen LogP contribution >= 0.6 is 22.7 Å². The van der Waals surface area contributed by atoms with Crippen LogP contribution in [0.1, 0.15) is 42.0 Å². The minimum Gasteiger partial charge on any atom is -0.344 e. The molecule has 0 bridgehead atoms. The lowest BCUT2D eigenvalue weighted by Crippen LogP contribution is -2.36. The van der Waals surface area contributed by atoms with Gasteiger partial charge in [0.2, 0.25) is 5.91 Å². The molecule has 2 aromatic heterocycles. The number of piperidine rings is 1. The molecule has 3 rings (SSSR count). The molecule has 0 radical (unpaired) electrons. The molecule has 5 heteroatoms. The Balaban J connectivity index is 1.62. The quantitative estimate of drug-likeness (QED) is 0.827. The number of rotatable bonds is 6. The van der Waals surface area contributed by atoms with E-state index in [2.05, 4.69) is 40.5 Å². The van der Waals surface area contributed by atoms with E-state index in [1.54, 1.807) is 22.7 Å². The minimum atomic E-state index is -0.000758. The molecule has 2 atom stereocenters. The summed E-state index contributed by atoms with van der Waals surface area (Å²) < 4.78 is 0. The van der Waals surface area contributed by atoms with Crippen molar-refractivity contribution < 1.29 is 4.79 Å². The molecule has 0 aromatic carbocycles. The zero-order chi connectivity index (χ0) is 16.1. The third-order valence-electron chi connectivity index (χ3n) is 4.61. The van der Waals surface area contributed by atoms with E-state index in [9.17, 15) is 4.79 Å². The molecule has 23 heavy (non-hydrogen) atoms. The second-order valence-electron chi connectivity index (χ2n) is 6.32. The average Bonchev–Trinajstić information content (AvgIpc) is 3.27. The molecule has 0 spiro atoms. The summed E-state index contributed by atoms with van der Waals surface area (Å²) in [4.78, 5) is 15.0. The number of amides is 1. The van der Waals surface area contributed by atoms with Gasteiger partial charge in [0.1, 0.15) is 0 Å². The Morgan fingerprint density at radius 2 is 2.00 bits per heavy atom. The molecule has 1 saturated heterocycles. The second-order valence-corrected chi connectivity index (χ2v) is 8.28. The lowest BCUT2D eigenvalue weighted by atomic mass is 9.85. The summed E-state index contributed by atoms with van der Waals surface area (Å²) in [5, 5.41) is 10.8. The molecular weight excluding hydrogens is 324 g/mol. The zero-order valence-corrected chi connectivity index (χ0v) is 15.1. The fourth-order valence-corrected chi connectivity index (χ4v) is 4.90. The Kier molecular flexibility index (Phi) is 5.86. The van der Waals surface area contributed by atoms with Gasteiger partial charge in [-0.15, -0.1) is 22.7 Å². The molecule has 1 aliphatic heterocycles. The van der Waals surface area contributed by atoms with Crippen LogP contribution in [0.3, 0.4) is 0 Å². The molecule has 3 nitrogen and oxygen atoms in total. The highest BCUT2D eigenvalue weighted by atomic mass is 32.1. The number of carbonyl (C=O) groups excluding carboxylic acids is 1. The Morgan fingerprint density at radius 3 is 2.52 bits per heavy atom. The topological polar surface area (TPSA) is 41.1 Å². The molecular formula is C18H24N2OS2. The fraction of sp³-hybridized carbons (Fsp3) is 0.500. The molecule has 1 amide bonds. The molecule has 0 saturated carbocycles. The first-order valence-electron chi connectivity index (χ1n) is 8.31. The lowest BCUT2D eigenvalue weighted by Gasteiger charge is -2.28. The first-order valence-corrected chi connectivity index (χ1v) is 10.1. The summed E-state index contributed by atoms with van der Waals surface area (Å²) in [6.07, 6.45) is 3.07. The van der Waals surface area contributed by atoms with Gasteiger partial charge in [-0.3, -0.25) is 4.79 Å². The van der Waals surface area contributed by atoms with Crippen LogP contribution < -0.4 is 10.6 Å². The van der Waals surface area contributed by atoms with Gasteiger partial charge in [-0.25, -0.2) is 0 Å². The van der Waals surface area contributed by atoms with Crippen LogP contribution in [-0.4, -0.2) is 19.0 Å². The van der Waals surface area contributed by atoms with Crippen molar-refractivity contribution in [3.05, 3.63) is 44.8 Å². The standard InChI is InChI=1S/C18H24N2OS2/c1-13(14-5-2-8-19-12-14)11-17(21)20-18(15-6-3-9-22-15)16-7-4-10-23-16/h3-4,6-7,9-10,13-14,18-19H,2,5,8,11-12H2,1H3,(H,20,21). The first kappa shape index (κ1) is 16.7. The van der Waals surface area contributed by atoms with Crippen molar-refractivity contribution >= 4 is 28.6 Å². The van der Waals surface area contributed by atoms with Crippen LogP contribution in [-0.2, 0) is 4.79 Å². The van der Waals surface area contributed by atoms with Gasteiger partial charge in [-0.2, -0.15) is 0 Å². The van der Waals surface area contributed by atoms with E-state index < -0.39 is 0 Å². The van der Waals surface area contributed by atoms with Gasteiger partial charge in [0.25, 0.3) is 0 Å². The van der Waals surface area contributed by atoms with Crippen molar-refractivity contribution in [1.82, 2.24) is 10.6 Å². The van der Waals surface area contributed by atoms with Crippen LogP contribution in [0.15, 0.2) is 35.0 Å². The molecule has 2 aromatic rings. The number of carbonyl (C=O) groups is 1. The molecule has 0 aliphatic carbocycles. The number of thiophene rings is 2. The zero-order valence-electron chi connectivity index (χ0n) is 13.5. The third kappa shape index (κ3) is 4.43. The second kappa shape index (κ2) is 8.08. The predicted octanol–water partition coefficient (Wildman–Crippen LogP) is 4.04. The highest BCUT2D eigenvalue weighted by molar-refractivity contribution is 7.11. The first-order chi connectivity index (χ1) is 11.2. The van der Waals surface area contributed by atoms with E-state index in [1.807, 2.05) is 12.1 Å². The van der Waals surface area contributed by atoms with Crippen molar-refractivity contribution in [3.8, 4) is 0 Å². The molecule has 2 N–H and O–H groups in total. The van der Waals surface area contributed by atoms with Gasteiger partial charge >= 0.3 is 0 Å². The fourth-order valence-electron chi connectivity index (χ4n) is 3.24. The van der Waals surface area contributed by atoms with E-state index in [0.717, 1.165) is 13.1 Å². The van der Waals surface area contributed by atoms with E-state index in [0.29, 0.717) is 18.3 Å². The van der Waals surface area contributed by atoms with Crippen molar-refractivity contribution in [2.24, 2.45) is 11.8 Å². The van der Waals surface area contributed by atoms with E-state index >= 15 is 0 Å². The summed E-state index contributed by atoms with van der Waals surface area (Å²) in [7, 11) is 0. The number of nitrogens with one attached hydrogen (secondary N) is 2. The summed E-state index contributed by atoms with van der Waals surface area (Å²) in [6.45, 7) is 4.38. The van der Waals surface area contributed by atoms with Crippen LogP contribution in [0.25, 0.3) is 0 Å². The van der Waals surface area contributed by atoms with Gasteiger partial charge in [0, 0.05) is 16.2 Å². The Morgan fingerprint density at radius 1 is 1.30 bits per heavy atom. The number of hydrogen-bond acceptors (Lipinski definition) is 4. The smallest absolute Gasteiger partial charge is 0.221 e. The molecule has 1 aliphatic rings. The number of hydrogen-bond donors (Lipinski definition) is 2. The van der Waals surface area contributed by atoms with Gasteiger partial charge in [0.05, 0.1) is 6.04 Å². The summed E-state index contributed by atoms with van der Waals surface area (Å²) >= 11 is 3.40. The van der Waals surface area contributed by atoms with Gasteiger partial charge in [-0.1, -0.05) is 19.1 Å². The molecule has 1 fully saturated rings. The van der Waals surface area contributed by atoms with Crippen molar-refractivity contribution in [2.75, 3.05) is 13.1 Å². The monoisotopic (exact) mass is 348 g/mol. The molecule has 2 unspecified atom stereocenters. The van der Waals surface area contributed by atoms with Gasteiger partial charge < -0.3 is 10.6 Å². The van der Waals surface area contributed by atoms with Crippen LogP contribution in [0, 0.1) is 11.8 Å². The lowest BCUT2D eigenvalue weighted by molar-refractivity contribution is -0.122. The Hall–Kier alpha value is -1.17. The average molecular weight is 349 g/mol. The maximum Gasteiger partial charge on any atom is 0.221 e. The Bertz CT molecular complexity index is 554. The highest BCUT2D eigenvalue weighted by Gasteiger charge is 2.24. The van der Waals surface area contributed by atoms with Crippen LogP contribution in [0.4, 0.5) is 0 Å². The molecule has 124 valence electrons. The van der Waals surface area contributed by atoms with Gasteiger partial charge in [-0.05, 0) is 60.7 Å². The van der Waals surface area contributed by atoms with Gasteiger partial charge in [0.15, 0.2) is 0 Å². The van der Waals surface area contributed by atoms with E-state index in [4.69, 9.17) is 0 Å². The van der Waals surface area contributed by atoms with E-state index in [1.165, 1.54) is 22.6 Å². The maximum atomic E-state index is 12.6. The minimum absolute atomic E-state index is 0.000758. The Labute approximate surface area is 146 Å². The maximum absolute atomic E-state index is 12.6. The third-order valence-corrected chi connectivity index (χ3v) is 6.48. The largest absolute Gasteiger partial charge is 0.344 e. The van der Waals surface area contributed by atoms with E-state index in [-0.39, 0.29) is 11.9 Å². The van der Waals surface area contributed by atoms with Crippen LogP contribution in [0.2, 0.25) is 0 Å². The molecule has 3 heterocycles. The van der Waals surface area contributed by atoms with Crippen molar-refractivity contribution in [3.63, 3.8) is 0 Å². The van der Waals surface area contributed by atoms with Crippen molar-refractivity contribution in [2.45, 2.75) is 32.2 Å².